The van der Waals surface area contributed by atoms with Crippen molar-refractivity contribution in [2.75, 3.05) is 19.8 Å². The number of esters is 1. The van der Waals surface area contributed by atoms with Gasteiger partial charge in [0, 0.05) is 29.8 Å². The Bertz CT molecular complexity index is 1280. The first-order chi connectivity index (χ1) is 17.7. The van der Waals surface area contributed by atoms with Crippen LogP contribution in [0.3, 0.4) is 0 Å². The highest BCUT2D eigenvalue weighted by Crippen LogP contribution is 2.35. The number of ether oxygens (including phenoxy) is 2. The largest absolute Gasteiger partial charge is 0.462 e. The molecule has 8 nitrogen and oxygen atoms in total. The predicted octanol–water partition coefficient (Wildman–Crippen LogP) is 5.12. The van der Waals surface area contributed by atoms with Crippen molar-refractivity contribution in [3.05, 3.63) is 75.4 Å². The van der Waals surface area contributed by atoms with Crippen LogP contribution in [-0.4, -0.2) is 47.7 Å². The lowest BCUT2D eigenvalue weighted by atomic mass is 10.0. The van der Waals surface area contributed by atoms with Gasteiger partial charge in [0.2, 0.25) is 0 Å². The maximum Gasteiger partial charge on any atom is 0.447 e. The number of alkyl halides is 2. The fourth-order valence-corrected chi connectivity index (χ4v) is 4.21. The lowest BCUT2D eigenvalue weighted by molar-refractivity contribution is -0.254. The molecule has 1 N–H and O–H groups in total. The summed E-state index contributed by atoms with van der Waals surface area (Å²) < 4.78 is 41.1. The Labute approximate surface area is 221 Å². The molecule has 12 heteroatoms. The van der Waals surface area contributed by atoms with Gasteiger partial charge in [-0.3, -0.25) is 4.79 Å². The van der Waals surface area contributed by atoms with E-state index in [9.17, 15) is 9.59 Å². The average Bonchev–Trinajstić information content (AvgIpc) is 3.24. The molecule has 196 valence electrons. The van der Waals surface area contributed by atoms with E-state index in [0.29, 0.717) is 35.9 Å². The van der Waals surface area contributed by atoms with E-state index in [1.807, 2.05) is 0 Å². The number of hydrogen-bond acceptors (Lipinski definition) is 6. The third-order valence-corrected chi connectivity index (χ3v) is 6.19. The Morgan fingerprint density at radius 2 is 1.81 bits per heavy atom. The summed E-state index contributed by atoms with van der Waals surface area (Å²) in [7, 11) is 0. The normalized spacial score (nSPS) is 14.3. The lowest BCUT2D eigenvalue weighted by Crippen LogP contribution is -2.39. The van der Waals surface area contributed by atoms with Crippen molar-refractivity contribution < 1.29 is 32.7 Å². The van der Waals surface area contributed by atoms with Gasteiger partial charge in [0.15, 0.2) is 5.69 Å². The molecule has 37 heavy (non-hydrogen) atoms. The Balaban J connectivity index is 1.85. The average molecular weight is 554 g/mol. The number of carbonyl (C=O) groups excluding carboxylic acids is 2. The second-order valence-electron chi connectivity index (χ2n) is 8.12. The topological polar surface area (TPSA) is 91.7 Å². The number of aromatic nitrogens is 2. The van der Waals surface area contributed by atoms with Gasteiger partial charge in [-0.2, -0.15) is 8.78 Å². The van der Waals surface area contributed by atoms with E-state index in [0.717, 1.165) is 6.07 Å². The summed E-state index contributed by atoms with van der Waals surface area (Å²) in [4.78, 5) is 31.8. The molecule has 0 radical (unpaired) electrons. The maximum absolute atomic E-state index is 15.3. The summed E-state index contributed by atoms with van der Waals surface area (Å²) in [6.07, 6.45) is -2.88. The third kappa shape index (κ3) is 6.03. The van der Waals surface area contributed by atoms with Gasteiger partial charge >= 0.3 is 12.1 Å². The third-order valence-electron chi connectivity index (χ3n) is 5.61. The van der Waals surface area contributed by atoms with Crippen LogP contribution in [0.1, 0.15) is 46.2 Å². The summed E-state index contributed by atoms with van der Waals surface area (Å²) >= 11 is 12.0. The molecule has 1 amide bonds. The van der Waals surface area contributed by atoms with Crippen LogP contribution in [0.15, 0.2) is 48.5 Å². The van der Waals surface area contributed by atoms with E-state index in [-0.39, 0.29) is 34.5 Å². The maximum atomic E-state index is 15.3. The van der Waals surface area contributed by atoms with E-state index < -0.39 is 29.2 Å². The number of amides is 1. The van der Waals surface area contributed by atoms with Crippen molar-refractivity contribution in [2.45, 2.75) is 31.9 Å². The Kier molecular flexibility index (Phi) is 8.31. The molecule has 0 unspecified atom stereocenters. The van der Waals surface area contributed by atoms with E-state index in [4.69, 9.17) is 37.5 Å². The molecule has 0 bridgehead atoms. The highest BCUT2D eigenvalue weighted by molar-refractivity contribution is 6.31. The van der Waals surface area contributed by atoms with Gasteiger partial charge in [0.25, 0.3) is 5.91 Å². The van der Waals surface area contributed by atoms with Crippen LogP contribution < -0.4 is 10.2 Å². The summed E-state index contributed by atoms with van der Waals surface area (Å²) in [5, 5.41) is 6.93. The van der Waals surface area contributed by atoms with Crippen molar-refractivity contribution in [1.82, 2.24) is 15.3 Å². The van der Waals surface area contributed by atoms with Gasteiger partial charge < -0.3 is 19.6 Å². The standard InChI is InChI=1S/C25H23Cl2F2N3O5/c1-2-36-24(34)20-21(23(33)30-17-11-13-35-14-12-17)31-32(22(20)15-7-9-16(26)10-8-15)37-25(28,29)18-5-3-4-6-19(18)27/h3-10,17H,2,11-14H2,1H3,(H,30,33). The highest BCUT2D eigenvalue weighted by atomic mass is 35.5. The van der Waals surface area contributed by atoms with Crippen LogP contribution in [0.5, 0.6) is 0 Å². The minimum absolute atomic E-state index is 0.0261. The number of nitrogens with one attached hydrogen (secondary N) is 1. The Hall–Kier alpha value is -3.21. The Morgan fingerprint density at radius 1 is 1.14 bits per heavy atom. The van der Waals surface area contributed by atoms with Gasteiger partial charge in [0.05, 0.1) is 17.2 Å². The number of carbonyl (C=O) groups is 2. The van der Waals surface area contributed by atoms with Gasteiger partial charge in [0.1, 0.15) is 11.3 Å². The number of halogens is 4. The van der Waals surface area contributed by atoms with E-state index in [1.54, 1.807) is 6.92 Å². The molecule has 1 aliphatic rings. The van der Waals surface area contributed by atoms with Crippen LogP contribution in [-0.2, 0) is 15.6 Å². The zero-order chi connectivity index (χ0) is 26.6. The summed E-state index contributed by atoms with van der Waals surface area (Å²) in [5.74, 6) is -1.67. The van der Waals surface area contributed by atoms with E-state index in [1.165, 1.54) is 42.5 Å². The van der Waals surface area contributed by atoms with Crippen LogP contribution in [0.4, 0.5) is 8.78 Å². The molecule has 0 saturated carbocycles. The molecule has 1 aliphatic heterocycles. The van der Waals surface area contributed by atoms with Gasteiger partial charge in [-0.15, -0.1) is 5.10 Å². The molecule has 1 saturated heterocycles. The van der Waals surface area contributed by atoms with Crippen LogP contribution in [0, 0.1) is 0 Å². The first kappa shape index (κ1) is 26.8. The van der Waals surface area contributed by atoms with E-state index >= 15 is 8.78 Å². The number of rotatable bonds is 8. The zero-order valence-corrected chi connectivity index (χ0v) is 21.2. The second kappa shape index (κ2) is 11.5. The van der Waals surface area contributed by atoms with Gasteiger partial charge in [-0.1, -0.05) is 52.3 Å². The first-order valence-corrected chi connectivity index (χ1v) is 12.2. The first-order valence-electron chi connectivity index (χ1n) is 11.5. The van der Waals surface area contributed by atoms with Gasteiger partial charge in [-0.25, -0.2) is 4.79 Å². The van der Waals surface area contributed by atoms with Crippen molar-refractivity contribution in [2.24, 2.45) is 0 Å². The van der Waals surface area contributed by atoms with Crippen LogP contribution in [0.2, 0.25) is 10.0 Å². The minimum Gasteiger partial charge on any atom is -0.462 e. The van der Waals surface area contributed by atoms with E-state index in [2.05, 4.69) is 10.4 Å². The lowest BCUT2D eigenvalue weighted by Gasteiger charge is -2.22. The molecule has 0 aliphatic carbocycles. The fourth-order valence-electron chi connectivity index (χ4n) is 3.83. The number of hydrogen-bond donors (Lipinski definition) is 1. The summed E-state index contributed by atoms with van der Waals surface area (Å²) in [6.45, 7) is 2.45. The molecule has 2 heterocycles. The van der Waals surface area contributed by atoms with Crippen molar-refractivity contribution in [3.63, 3.8) is 0 Å². The molecule has 1 aromatic heterocycles. The molecule has 1 fully saturated rings. The molecule has 0 atom stereocenters. The molecular formula is C25H23Cl2F2N3O5. The SMILES string of the molecule is CCOC(=O)c1c(C(=O)NC2CCOCC2)nn(OC(F)(F)c2ccccc2Cl)c1-c1ccc(Cl)cc1. The van der Waals surface area contributed by atoms with Crippen molar-refractivity contribution in [1.29, 1.82) is 0 Å². The van der Waals surface area contributed by atoms with Gasteiger partial charge in [-0.05, 0) is 44.0 Å². The second-order valence-corrected chi connectivity index (χ2v) is 8.96. The van der Waals surface area contributed by atoms with Crippen LogP contribution >= 0.6 is 23.2 Å². The molecule has 0 spiro atoms. The fraction of sp³-hybridized carbons (Fsp3) is 0.320. The summed E-state index contributed by atoms with van der Waals surface area (Å²) in [5.41, 5.74) is -1.35. The molecule has 2 aromatic carbocycles. The quantitative estimate of drug-likeness (QED) is 0.389. The van der Waals surface area contributed by atoms with Crippen LogP contribution in [0.25, 0.3) is 11.3 Å². The van der Waals surface area contributed by atoms with Crippen molar-refractivity contribution >= 4 is 35.1 Å². The molecule has 3 aromatic rings. The number of nitrogens with zero attached hydrogens (tertiary/aromatic N) is 2. The smallest absolute Gasteiger partial charge is 0.447 e. The Morgan fingerprint density at radius 3 is 2.46 bits per heavy atom. The molecule has 4 rings (SSSR count). The number of benzene rings is 2. The highest BCUT2D eigenvalue weighted by Gasteiger charge is 2.41. The monoisotopic (exact) mass is 553 g/mol. The summed E-state index contributed by atoms with van der Waals surface area (Å²) in [6, 6.07) is 11.0. The zero-order valence-electron chi connectivity index (χ0n) is 19.7. The molecular weight excluding hydrogens is 531 g/mol. The van der Waals surface area contributed by atoms with Crippen molar-refractivity contribution in [3.8, 4) is 11.3 Å². The predicted molar refractivity (Wildman–Crippen MR) is 132 cm³/mol. The minimum atomic E-state index is -3.98.